The van der Waals surface area contributed by atoms with Crippen LogP contribution in [0.1, 0.15) is 86.8 Å². The number of rotatable bonds is 6. The molecule has 3 saturated heterocycles. The Morgan fingerprint density at radius 2 is 1.60 bits per heavy atom. The summed E-state index contributed by atoms with van der Waals surface area (Å²) in [5, 5.41) is 13.1. The van der Waals surface area contributed by atoms with Crippen LogP contribution in [0.25, 0.3) is 0 Å². The van der Waals surface area contributed by atoms with Gasteiger partial charge < -0.3 is 25.1 Å². The summed E-state index contributed by atoms with van der Waals surface area (Å²) in [5.41, 5.74) is 12.4. The molecule has 10 rings (SSSR count). The predicted molar refractivity (Wildman–Crippen MR) is 207 cm³/mol. The van der Waals surface area contributed by atoms with E-state index < -0.39 is 0 Å². The Morgan fingerprint density at radius 3 is 2.40 bits per heavy atom. The summed E-state index contributed by atoms with van der Waals surface area (Å²) in [6, 6.07) is 30.7. The number of amides is 2. The lowest BCUT2D eigenvalue weighted by Crippen LogP contribution is -2.58. The molecule has 2 N–H and O–H groups in total. The van der Waals surface area contributed by atoms with Gasteiger partial charge in [0.1, 0.15) is 5.75 Å². The van der Waals surface area contributed by atoms with Crippen molar-refractivity contribution >= 4 is 17.5 Å². The van der Waals surface area contributed by atoms with Gasteiger partial charge in [0.15, 0.2) is 0 Å². The van der Waals surface area contributed by atoms with Crippen LogP contribution in [0.3, 0.4) is 0 Å². The highest BCUT2D eigenvalue weighted by molar-refractivity contribution is 5.99. The molecule has 0 bridgehead atoms. The number of nitrogens with one attached hydrogen (secondary N) is 1. The number of piperidine rings is 1. The van der Waals surface area contributed by atoms with Crippen molar-refractivity contribution in [3.05, 3.63) is 142 Å². The molecule has 4 aromatic rings. The van der Waals surface area contributed by atoms with Crippen LogP contribution in [-0.2, 0) is 30.6 Å². The maximum Gasteiger partial charge on any atom is 0.255 e. The molecule has 2 amide bonds. The van der Waals surface area contributed by atoms with Crippen molar-refractivity contribution in [2.24, 2.45) is 11.3 Å². The Kier molecular flexibility index (Phi) is 7.80. The molecule has 0 aromatic heterocycles. The minimum Gasteiger partial charge on any atom is -0.508 e. The lowest BCUT2D eigenvalue weighted by Gasteiger charge is -2.49. The Hall–Kier alpha value is -4.88. The number of likely N-dealkylation sites (tertiary alicyclic amines) is 1. The molecule has 4 atom stereocenters. The highest BCUT2D eigenvalue weighted by Crippen LogP contribution is 2.48. The molecule has 7 heteroatoms. The van der Waals surface area contributed by atoms with E-state index in [9.17, 15) is 14.7 Å². The minimum atomic E-state index is -0.121. The van der Waals surface area contributed by atoms with Gasteiger partial charge in [-0.1, -0.05) is 61.2 Å². The topological polar surface area (TPSA) is 76.1 Å². The van der Waals surface area contributed by atoms with Crippen LogP contribution in [-0.4, -0.2) is 65.5 Å². The van der Waals surface area contributed by atoms with E-state index in [1.54, 1.807) is 0 Å². The number of carbonyl (C=O) groups is 2. The van der Waals surface area contributed by atoms with Crippen LogP contribution in [0.5, 0.6) is 5.75 Å². The Labute approximate surface area is 312 Å². The van der Waals surface area contributed by atoms with Crippen LogP contribution in [0.2, 0.25) is 0 Å². The molecule has 270 valence electrons. The molecule has 1 spiro atoms. The standard InChI is InChI=1S/C46H48N4O3/c1-29-42(15-16-43(52)47-29)50-26-36-19-34-22-46(23-35(34)21-41(36)45(50)53)27-48(28-46)24-30-17-18-49(25-30)37-10-7-32(8-11-37)44-39(31-5-3-2-4-6-31)13-9-33-20-38(51)12-14-40(33)44/h2-8,10-12,14,19-21,30,39,42,44,51H,1,9,13,15-18,22-28H2,(H,47,52). The van der Waals surface area contributed by atoms with Crippen molar-refractivity contribution in [1.29, 1.82) is 0 Å². The van der Waals surface area contributed by atoms with Crippen molar-refractivity contribution in [3.8, 4) is 5.75 Å². The van der Waals surface area contributed by atoms with E-state index in [1.165, 1.54) is 45.5 Å². The summed E-state index contributed by atoms with van der Waals surface area (Å²) in [6.45, 7) is 10.3. The first kappa shape index (κ1) is 32.7. The first-order chi connectivity index (χ1) is 25.8. The second-order valence-corrected chi connectivity index (χ2v) is 17.0. The van der Waals surface area contributed by atoms with Gasteiger partial charge in [-0.15, -0.1) is 0 Å². The maximum absolute atomic E-state index is 13.5. The van der Waals surface area contributed by atoms with Gasteiger partial charge >= 0.3 is 0 Å². The molecule has 4 unspecified atom stereocenters. The summed E-state index contributed by atoms with van der Waals surface area (Å²) >= 11 is 0. The third-order valence-corrected chi connectivity index (χ3v) is 13.5. The van der Waals surface area contributed by atoms with E-state index in [0.717, 1.165) is 69.5 Å². The molecule has 53 heavy (non-hydrogen) atoms. The van der Waals surface area contributed by atoms with Crippen LogP contribution >= 0.6 is 0 Å². The van der Waals surface area contributed by atoms with Gasteiger partial charge in [0.2, 0.25) is 5.91 Å². The third kappa shape index (κ3) is 5.75. The van der Waals surface area contributed by atoms with Crippen molar-refractivity contribution in [2.45, 2.75) is 69.4 Å². The van der Waals surface area contributed by atoms with E-state index >= 15 is 0 Å². The zero-order chi connectivity index (χ0) is 35.8. The van der Waals surface area contributed by atoms with Crippen LogP contribution in [0, 0.1) is 11.3 Å². The number of anilines is 1. The molecule has 6 aliphatic rings. The summed E-state index contributed by atoms with van der Waals surface area (Å²) in [7, 11) is 0. The van der Waals surface area contributed by atoms with E-state index in [0.29, 0.717) is 48.1 Å². The molecule has 4 aliphatic heterocycles. The molecule has 2 aliphatic carbocycles. The van der Waals surface area contributed by atoms with Gasteiger partial charge in [0.05, 0.1) is 6.04 Å². The number of hydrogen-bond acceptors (Lipinski definition) is 5. The second kappa shape index (κ2) is 12.6. The average Bonchev–Trinajstić information content (AvgIpc) is 3.86. The predicted octanol–water partition coefficient (Wildman–Crippen LogP) is 6.93. The van der Waals surface area contributed by atoms with E-state index in [4.69, 9.17) is 0 Å². The van der Waals surface area contributed by atoms with Gasteiger partial charge in [-0.3, -0.25) is 9.59 Å². The smallest absolute Gasteiger partial charge is 0.255 e. The number of hydrogen-bond donors (Lipinski definition) is 2. The van der Waals surface area contributed by atoms with E-state index in [1.807, 2.05) is 17.0 Å². The van der Waals surface area contributed by atoms with Crippen LogP contribution in [0.4, 0.5) is 5.69 Å². The first-order valence-electron chi connectivity index (χ1n) is 19.7. The summed E-state index contributed by atoms with van der Waals surface area (Å²) < 4.78 is 0. The van der Waals surface area contributed by atoms with Crippen LogP contribution in [0.15, 0.2) is 97.2 Å². The number of aromatic hydroxyl groups is 1. The molecule has 0 radical (unpaired) electrons. The lowest BCUT2D eigenvalue weighted by molar-refractivity contribution is -0.121. The fraction of sp³-hybridized carbons (Fsp3) is 0.391. The zero-order valence-corrected chi connectivity index (χ0v) is 30.4. The average molecular weight is 705 g/mol. The molecular weight excluding hydrogens is 657 g/mol. The quantitative estimate of drug-likeness (QED) is 0.228. The van der Waals surface area contributed by atoms with Gasteiger partial charge in [-0.05, 0) is 120 Å². The summed E-state index contributed by atoms with van der Waals surface area (Å²) in [4.78, 5) is 32.5. The molecule has 4 aromatic carbocycles. The summed E-state index contributed by atoms with van der Waals surface area (Å²) in [5.74, 6) is 1.78. The number of benzene rings is 4. The number of phenolic OH excluding ortho intramolecular Hbond substituents is 1. The normalized spacial score (nSPS) is 26.0. The second-order valence-electron chi connectivity index (χ2n) is 17.0. The molecular formula is C46H48N4O3. The number of phenols is 1. The van der Waals surface area contributed by atoms with Crippen molar-refractivity contribution in [1.82, 2.24) is 15.1 Å². The number of fused-ring (bicyclic) bond motifs is 3. The first-order valence-corrected chi connectivity index (χ1v) is 19.7. The fourth-order valence-corrected chi connectivity index (χ4v) is 11.0. The van der Waals surface area contributed by atoms with E-state index in [2.05, 4.69) is 94.5 Å². The lowest BCUT2D eigenvalue weighted by atomic mass is 9.69. The Bertz CT molecular complexity index is 2120. The SMILES string of the molecule is C=C1NC(=O)CCC1N1Cc2cc3c(cc2C1=O)CC1(C3)CN(CC2CCN(c3ccc(C4c5ccc(O)cc5CCC4c4ccccc4)cc3)C2)C1. The molecule has 7 nitrogen and oxygen atoms in total. The molecule has 3 fully saturated rings. The van der Waals surface area contributed by atoms with E-state index in [-0.39, 0.29) is 23.8 Å². The van der Waals surface area contributed by atoms with Crippen molar-refractivity contribution < 1.29 is 14.7 Å². The highest BCUT2D eigenvalue weighted by atomic mass is 16.3. The van der Waals surface area contributed by atoms with Crippen molar-refractivity contribution in [3.63, 3.8) is 0 Å². The molecule has 4 heterocycles. The summed E-state index contributed by atoms with van der Waals surface area (Å²) in [6.07, 6.45) is 6.54. The molecule has 0 saturated carbocycles. The Balaban J connectivity index is 0.762. The Morgan fingerprint density at radius 1 is 0.811 bits per heavy atom. The zero-order valence-electron chi connectivity index (χ0n) is 30.4. The number of nitrogens with zero attached hydrogens (tertiary/aromatic N) is 3. The minimum absolute atomic E-state index is 0.00684. The number of carbonyl (C=O) groups excluding carboxylic acids is 2. The monoisotopic (exact) mass is 704 g/mol. The van der Waals surface area contributed by atoms with Gasteiger partial charge in [0.25, 0.3) is 5.91 Å². The maximum atomic E-state index is 13.5. The fourth-order valence-electron chi connectivity index (χ4n) is 11.0. The third-order valence-electron chi connectivity index (χ3n) is 13.5. The van der Waals surface area contributed by atoms with Crippen LogP contribution < -0.4 is 10.2 Å². The van der Waals surface area contributed by atoms with Crippen molar-refractivity contribution in [2.75, 3.05) is 37.6 Å². The van der Waals surface area contributed by atoms with Gasteiger partial charge in [-0.25, -0.2) is 0 Å². The van der Waals surface area contributed by atoms with Gasteiger partial charge in [-0.2, -0.15) is 0 Å². The van der Waals surface area contributed by atoms with Gasteiger partial charge in [0, 0.05) is 74.0 Å². The largest absolute Gasteiger partial charge is 0.508 e. The highest BCUT2D eigenvalue weighted by Gasteiger charge is 2.48. The number of aryl methyl sites for hydroxylation is 1.